The Labute approximate surface area is 234 Å². The van der Waals surface area contributed by atoms with E-state index in [-0.39, 0.29) is 47.8 Å². The van der Waals surface area contributed by atoms with Crippen LogP contribution in [0.5, 0.6) is 5.75 Å². The number of anilines is 1. The largest absolute Gasteiger partial charge is 0.495 e. The molecule has 2 unspecified atom stereocenters. The van der Waals surface area contributed by atoms with Gasteiger partial charge in [-0.2, -0.15) is 18.4 Å². The van der Waals surface area contributed by atoms with Gasteiger partial charge in [-0.05, 0) is 42.4 Å². The highest BCUT2D eigenvalue weighted by atomic mass is 35.5. The Morgan fingerprint density at radius 3 is 2.46 bits per heavy atom. The number of nitrogens with one attached hydrogen (secondary N) is 3. The molecule has 0 aliphatic carbocycles. The van der Waals surface area contributed by atoms with Crippen LogP contribution >= 0.6 is 23.2 Å². The summed E-state index contributed by atoms with van der Waals surface area (Å²) in [6.07, 6.45) is -3.54. The summed E-state index contributed by atoms with van der Waals surface area (Å²) in [5.41, 5.74) is -0.383. The van der Waals surface area contributed by atoms with Gasteiger partial charge in [0.1, 0.15) is 12.0 Å². The number of aliphatic hydroxyl groups excluding tert-OH is 1. The zero-order valence-corrected chi connectivity index (χ0v) is 23.0. The van der Waals surface area contributed by atoms with Gasteiger partial charge in [-0.25, -0.2) is 0 Å². The molecule has 0 amide bonds. The Balaban J connectivity index is 2.45. The van der Waals surface area contributed by atoms with E-state index in [1.165, 1.54) is 14.2 Å². The minimum atomic E-state index is -4.60. The number of nitrogens with zero attached hydrogens (tertiary/aromatic N) is 3. The normalized spacial score (nSPS) is 13.5. The molecule has 0 aliphatic heterocycles. The summed E-state index contributed by atoms with van der Waals surface area (Å²) in [6, 6.07) is 7.59. The van der Waals surface area contributed by atoms with Gasteiger partial charge in [0.25, 0.3) is 0 Å². The van der Waals surface area contributed by atoms with Crippen LogP contribution in [0.1, 0.15) is 18.1 Å². The summed E-state index contributed by atoms with van der Waals surface area (Å²) >= 11 is 12.2. The molecule has 0 saturated heterocycles. The quantitative estimate of drug-likeness (QED) is 0.0919. The molecule has 0 radical (unpaired) electrons. The monoisotopic (exact) mass is 588 g/mol. The van der Waals surface area contributed by atoms with Crippen LogP contribution in [-0.2, 0) is 10.9 Å². The minimum Gasteiger partial charge on any atom is -0.495 e. The SMILES string of the molecule is CCN(CC(CN=C(NC#N)Nc1cc(C(F)(F)F)ccc1OC)C(=N)c1ccc(Cl)c(Cl)c1)C(CO)OC. The molecule has 2 atom stereocenters. The van der Waals surface area contributed by atoms with E-state index < -0.39 is 23.9 Å². The average Bonchev–Trinajstić information content (AvgIpc) is 2.91. The number of halogens is 5. The molecule has 0 bridgehead atoms. The van der Waals surface area contributed by atoms with Crippen LogP contribution in [-0.4, -0.2) is 68.4 Å². The van der Waals surface area contributed by atoms with Crippen molar-refractivity contribution in [3.8, 4) is 11.9 Å². The van der Waals surface area contributed by atoms with E-state index in [4.69, 9.17) is 38.1 Å². The van der Waals surface area contributed by atoms with Gasteiger partial charge in [-0.1, -0.05) is 36.2 Å². The molecule has 2 aromatic carbocycles. The second-order valence-electron chi connectivity index (χ2n) is 8.16. The third kappa shape index (κ3) is 8.98. The van der Waals surface area contributed by atoms with Crippen LogP contribution in [0.4, 0.5) is 18.9 Å². The predicted octanol–water partition coefficient (Wildman–Crippen LogP) is 4.83. The van der Waals surface area contributed by atoms with E-state index in [2.05, 4.69) is 15.6 Å². The number of aliphatic hydroxyl groups is 1. The number of guanidine groups is 1. The smallest absolute Gasteiger partial charge is 0.416 e. The summed E-state index contributed by atoms with van der Waals surface area (Å²) in [5, 5.41) is 33.4. The van der Waals surface area contributed by atoms with Crippen LogP contribution in [0.3, 0.4) is 0 Å². The summed E-state index contributed by atoms with van der Waals surface area (Å²) in [5.74, 6) is -0.679. The highest BCUT2D eigenvalue weighted by Gasteiger charge is 2.31. The van der Waals surface area contributed by atoms with Crippen molar-refractivity contribution >= 4 is 40.6 Å². The Bertz CT molecular complexity index is 1200. The number of rotatable bonds is 12. The molecule has 9 nitrogen and oxygen atoms in total. The molecule has 2 rings (SSSR count). The number of nitriles is 1. The molecular formula is C25H29Cl2F3N6O3. The van der Waals surface area contributed by atoms with Gasteiger partial charge < -0.3 is 25.3 Å². The number of ether oxygens (including phenoxy) is 2. The molecule has 39 heavy (non-hydrogen) atoms. The molecule has 4 N–H and O–H groups in total. The lowest BCUT2D eigenvalue weighted by Gasteiger charge is -2.31. The number of methoxy groups -OCH3 is 2. The summed E-state index contributed by atoms with van der Waals surface area (Å²) in [4.78, 5) is 6.17. The van der Waals surface area contributed by atoms with Crippen LogP contribution in [0, 0.1) is 22.8 Å². The first-order valence-corrected chi connectivity index (χ1v) is 12.4. The fourth-order valence-electron chi connectivity index (χ4n) is 3.69. The fourth-order valence-corrected chi connectivity index (χ4v) is 3.98. The summed E-state index contributed by atoms with van der Waals surface area (Å²) in [7, 11) is 2.74. The zero-order valence-electron chi connectivity index (χ0n) is 21.4. The van der Waals surface area contributed by atoms with Gasteiger partial charge in [-0.15, -0.1) is 0 Å². The molecule has 212 valence electrons. The zero-order chi connectivity index (χ0) is 29.2. The molecule has 0 aromatic heterocycles. The topological polar surface area (TPSA) is 126 Å². The van der Waals surface area contributed by atoms with Crippen molar-refractivity contribution in [2.75, 3.05) is 45.8 Å². The van der Waals surface area contributed by atoms with E-state index >= 15 is 0 Å². The van der Waals surface area contributed by atoms with Crippen molar-refractivity contribution in [3.05, 3.63) is 57.6 Å². The van der Waals surface area contributed by atoms with Gasteiger partial charge in [0.2, 0.25) is 5.96 Å². The second kappa shape index (κ2) is 14.9. The van der Waals surface area contributed by atoms with E-state index in [1.54, 1.807) is 29.3 Å². The molecule has 0 spiro atoms. The molecule has 0 fully saturated rings. The van der Waals surface area contributed by atoms with Crippen molar-refractivity contribution in [2.45, 2.75) is 19.3 Å². The number of hydrogen-bond acceptors (Lipinski definition) is 7. The van der Waals surface area contributed by atoms with Gasteiger partial charge in [0, 0.05) is 25.3 Å². The molecule has 2 aromatic rings. The number of likely N-dealkylation sites (N-methyl/N-ethyl adjacent to an activating group) is 1. The molecule has 14 heteroatoms. The van der Waals surface area contributed by atoms with E-state index in [0.29, 0.717) is 17.1 Å². The standard InChI is InChI=1S/C25H29Cl2F3N6O3/c1-4-36(22(13-37)39-3)12-16(23(32)15-5-7-18(26)19(27)9-15)11-33-24(34-14-31)35-20-10-17(25(28,29)30)6-8-21(20)38-2/h5-10,16,22,32,37H,4,11-13H2,1-3H3,(H2,33,34,35). The van der Waals surface area contributed by atoms with Crippen molar-refractivity contribution < 1.29 is 27.8 Å². The van der Waals surface area contributed by atoms with Crippen molar-refractivity contribution in [3.63, 3.8) is 0 Å². The van der Waals surface area contributed by atoms with Crippen molar-refractivity contribution in [1.29, 1.82) is 10.7 Å². The summed E-state index contributed by atoms with van der Waals surface area (Å²) < 4.78 is 50.3. The van der Waals surface area contributed by atoms with E-state index in [9.17, 15) is 23.5 Å². The Morgan fingerprint density at radius 1 is 1.21 bits per heavy atom. The predicted molar refractivity (Wildman–Crippen MR) is 145 cm³/mol. The lowest BCUT2D eigenvalue weighted by Crippen LogP contribution is -2.44. The average molecular weight is 589 g/mol. The number of aliphatic imine (C=N–C) groups is 1. The van der Waals surface area contributed by atoms with Crippen LogP contribution in [0.15, 0.2) is 41.4 Å². The minimum absolute atomic E-state index is 0.0696. The summed E-state index contributed by atoms with van der Waals surface area (Å²) in [6.45, 7) is 2.17. The maximum absolute atomic E-state index is 13.3. The Hall–Kier alpha value is -3.08. The van der Waals surface area contributed by atoms with E-state index in [1.807, 2.05) is 6.92 Å². The van der Waals surface area contributed by atoms with Crippen molar-refractivity contribution in [2.24, 2.45) is 10.9 Å². The highest BCUT2D eigenvalue weighted by molar-refractivity contribution is 6.42. The van der Waals surface area contributed by atoms with Crippen LogP contribution in [0.25, 0.3) is 0 Å². The number of hydrogen-bond donors (Lipinski definition) is 4. The lowest BCUT2D eigenvalue weighted by molar-refractivity contribution is -0.137. The third-order valence-electron chi connectivity index (χ3n) is 5.76. The molecule has 0 aliphatic rings. The number of benzene rings is 2. The van der Waals surface area contributed by atoms with E-state index in [0.717, 1.165) is 18.2 Å². The maximum atomic E-state index is 13.3. The van der Waals surface area contributed by atoms with Crippen molar-refractivity contribution in [1.82, 2.24) is 10.2 Å². The second-order valence-corrected chi connectivity index (χ2v) is 8.98. The lowest BCUT2D eigenvalue weighted by atomic mass is 9.96. The first-order chi connectivity index (χ1) is 18.5. The highest BCUT2D eigenvalue weighted by Crippen LogP contribution is 2.35. The first kappa shape index (κ1) is 32.1. The molecule has 0 saturated carbocycles. The third-order valence-corrected chi connectivity index (χ3v) is 6.50. The van der Waals surface area contributed by atoms with Gasteiger partial charge >= 0.3 is 6.18 Å². The Morgan fingerprint density at radius 2 is 1.92 bits per heavy atom. The van der Waals surface area contributed by atoms with Gasteiger partial charge in [0.15, 0.2) is 6.19 Å². The Kier molecular flexibility index (Phi) is 12.3. The first-order valence-electron chi connectivity index (χ1n) is 11.6. The fraction of sp³-hybridized carbons (Fsp3) is 0.400. The van der Waals surface area contributed by atoms with Gasteiger partial charge in [0.05, 0.1) is 41.6 Å². The van der Waals surface area contributed by atoms with Gasteiger partial charge in [-0.3, -0.25) is 15.2 Å². The maximum Gasteiger partial charge on any atom is 0.416 e. The molecule has 0 heterocycles. The van der Waals surface area contributed by atoms with Crippen LogP contribution in [0.2, 0.25) is 10.0 Å². The molecular weight excluding hydrogens is 560 g/mol. The van der Waals surface area contributed by atoms with Crippen LogP contribution < -0.4 is 15.4 Å². The number of alkyl halides is 3.